The Morgan fingerprint density at radius 3 is 0.906 bits per heavy atom. The van der Waals surface area contributed by atoms with Crippen LogP contribution in [0, 0.1) is 0 Å². The van der Waals surface area contributed by atoms with Gasteiger partial charge in [0.15, 0.2) is 0 Å². The van der Waals surface area contributed by atoms with E-state index in [4.69, 9.17) is 0 Å². The van der Waals surface area contributed by atoms with Crippen LogP contribution in [0.25, 0.3) is 0 Å². The summed E-state index contributed by atoms with van der Waals surface area (Å²) in [6.07, 6.45) is 66.8. The van der Waals surface area contributed by atoms with Crippen LogP contribution in [-0.2, 0) is 19.5 Å². The van der Waals surface area contributed by atoms with Crippen LogP contribution in [0.3, 0.4) is 0 Å². The van der Waals surface area contributed by atoms with Crippen molar-refractivity contribution in [3.8, 4) is 0 Å². The van der Waals surface area contributed by atoms with E-state index in [0.717, 1.165) is 0 Å². The zero-order valence-electron chi connectivity index (χ0n) is 37.4. The van der Waals surface area contributed by atoms with Crippen LogP contribution in [-0.4, -0.2) is 4.57 Å². The summed E-state index contributed by atoms with van der Waals surface area (Å²) in [4.78, 5) is 0. The fraction of sp³-hybridized carbons (Fsp3) is 0.941. The topological polar surface area (TPSA) is 8.81 Å². The SMILES string of the molecule is CCCCCCCCCCCCCCCCCC[n+]1ccn(CCCCCCCCCCCCCCCC)c1CCCCCCCCCCCCCC. The molecule has 2 nitrogen and oxygen atoms in total. The van der Waals surface area contributed by atoms with Gasteiger partial charge in [0.05, 0.1) is 13.1 Å². The minimum atomic E-state index is 1.23. The lowest BCUT2D eigenvalue weighted by Gasteiger charge is -2.07. The molecule has 0 aliphatic rings. The first-order valence-corrected chi connectivity index (χ1v) is 25.4. The standard InChI is InChI=1S/C51H101N2/c1-4-7-10-13-16-19-22-25-27-28-30-33-36-39-42-45-48-53-50-49-52(47-44-41-38-35-32-29-26-23-20-17-14-11-8-5-2)51(53)46-43-40-37-34-31-24-21-18-15-12-9-6-3/h49-50H,4-48H2,1-3H3/q+1. The van der Waals surface area contributed by atoms with E-state index < -0.39 is 0 Å². The van der Waals surface area contributed by atoms with Gasteiger partial charge in [-0.3, -0.25) is 0 Å². The summed E-state index contributed by atoms with van der Waals surface area (Å²) in [5.41, 5.74) is 0. The summed E-state index contributed by atoms with van der Waals surface area (Å²) in [5.74, 6) is 1.63. The zero-order chi connectivity index (χ0) is 38.0. The average Bonchev–Trinajstić information content (AvgIpc) is 3.55. The largest absolute Gasteiger partial charge is 0.256 e. The lowest BCUT2D eigenvalue weighted by Crippen LogP contribution is -2.37. The highest BCUT2D eigenvalue weighted by atomic mass is 15.1. The predicted molar refractivity (Wildman–Crippen MR) is 239 cm³/mol. The molecule has 0 bridgehead atoms. The molecule has 0 saturated heterocycles. The van der Waals surface area contributed by atoms with Crippen molar-refractivity contribution in [1.29, 1.82) is 0 Å². The minimum Gasteiger partial charge on any atom is -0.234 e. The third-order valence-corrected chi connectivity index (χ3v) is 12.3. The number of nitrogens with zero attached hydrogens (tertiary/aromatic N) is 2. The fourth-order valence-electron chi connectivity index (χ4n) is 8.62. The maximum atomic E-state index is 2.66. The molecule has 1 heterocycles. The fourth-order valence-corrected chi connectivity index (χ4v) is 8.62. The van der Waals surface area contributed by atoms with E-state index in [1.54, 1.807) is 5.82 Å². The lowest BCUT2D eigenvalue weighted by molar-refractivity contribution is -0.704. The Balaban J connectivity index is 2.25. The van der Waals surface area contributed by atoms with E-state index in [0.29, 0.717) is 0 Å². The molecule has 53 heavy (non-hydrogen) atoms. The van der Waals surface area contributed by atoms with Crippen LogP contribution in [0.4, 0.5) is 0 Å². The number of unbranched alkanes of at least 4 members (excludes halogenated alkanes) is 39. The third kappa shape index (κ3) is 34.2. The molecule has 0 unspecified atom stereocenters. The van der Waals surface area contributed by atoms with Gasteiger partial charge in [0.2, 0.25) is 0 Å². The molecular formula is C51H101N2+. The van der Waals surface area contributed by atoms with E-state index in [9.17, 15) is 0 Å². The Hall–Kier alpha value is -0.790. The van der Waals surface area contributed by atoms with Crippen LogP contribution >= 0.6 is 0 Å². The van der Waals surface area contributed by atoms with Crippen molar-refractivity contribution in [2.24, 2.45) is 0 Å². The summed E-state index contributed by atoms with van der Waals surface area (Å²) < 4.78 is 5.32. The molecule has 0 amide bonds. The highest BCUT2D eigenvalue weighted by Crippen LogP contribution is 2.17. The van der Waals surface area contributed by atoms with Gasteiger partial charge in [-0.2, -0.15) is 0 Å². The monoisotopic (exact) mass is 742 g/mol. The van der Waals surface area contributed by atoms with E-state index >= 15 is 0 Å². The molecule has 0 fully saturated rings. The second-order valence-corrected chi connectivity index (χ2v) is 17.6. The number of hydrogen-bond acceptors (Lipinski definition) is 0. The Kier molecular flexibility index (Phi) is 40.1. The second kappa shape index (κ2) is 42.4. The van der Waals surface area contributed by atoms with Gasteiger partial charge in [-0.1, -0.05) is 258 Å². The molecule has 0 atom stereocenters. The van der Waals surface area contributed by atoms with Crippen LogP contribution < -0.4 is 4.57 Å². The lowest BCUT2D eigenvalue weighted by atomic mass is 10.0. The van der Waals surface area contributed by atoms with Crippen molar-refractivity contribution in [3.05, 3.63) is 18.2 Å². The molecule has 0 radical (unpaired) electrons. The summed E-state index contributed by atoms with van der Waals surface area (Å²) in [7, 11) is 0. The van der Waals surface area contributed by atoms with Gasteiger partial charge in [-0.15, -0.1) is 0 Å². The molecule has 2 heteroatoms. The Morgan fingerprint density at radius 2 is 0.585 bits per heavy atom. The van der Waals surface area contributed by atoms with Crippen molar-refractivity contribution < 1.29 is 4.57 Å². The Morgan fingerprint density at radius 1 is 0.321 bits per heavy atom. The highest BCUT2D eigenvalue weighted by molar-refractivity contribution is 4.84. The number of aryl methyl sites for hydroxylation is 2. The van der Waals surface area contributed by atoms with Crippen LogP contribution in [0.2, 0.25) is 0 Å². The van der Waals surface area contributed by atoms with Gasteiger partial charge in [0.1, 0.15) is 12.4 Å². The minimum absolute atomic E-state index is 1.23. The van der Waals surface area contributed by atoms with E-state index in [2.05, 4.69) is 42.3 Å². The predicted octanol–water partition coefficient (Wildman–Crippen LogP) is 17.8. The first kappa shape index (κ1) is 50.2. The molecule has 1 aromatic rings. The van der Waals surface area contributed by atoms with E-state index in [1.807, 2.05) is 0 Å². The van der Waals surface area contributed by atoms with Crippen LogP contribution in [0.5, 0.6) is 0 Å². The first-order valence-electron chi connectivity index (χ1n) is 25.4. The van der Waals surface area contributed by atoms with Crippen LogP contribution in [0.1, 0.15) is 296 Å². The summed E-state index contributed by atoms with van der Waals surface area (Å²) >= 11 is 0. The molecule has 0 spiro atoms. The molecule has 1 rings (SSSR count). The van der Waals surface area contributed by atoms with Crippen molar-refractivity contribution in [1.82, 2.24) is 4.57 Å². The molecule has 0 N–H and O–H groups in total. The quantitative estimate of drug-likeness (QED) is 0.0465. The first-order chi connectivity index (χ1) is 26.3. The zero-order valence-corrected chi connectivity index (χ0v) is 37.4. The second-order valence-electron chi connectivity index (χ2n) is 17.6. The van der Waals surface area contributed by atoms with Crippen molar-refractivity contribution in [2.45, 2.75) is 310 Å². The van der Waals surface area contributed by atoms with Gasteiger partial charge in [-0.05, 0) is 32.1 Å². The number of imidazole rings is 1. The van der Waals surface area contributed by atoms with E-state index in [-0.39, 0.29) is 0 Å². The Bertz CT molecular complexity index is 811. The summed E-state index contributed by atoms with van der Waals surface area (Å²) in [5, 5.41) is 0. The molecule has 0 saturated carbocycles. The molecule has 1 aromatic heterocycles. The number of hydrogen-bond donors (Lipinski definition) is 0. The van der Waals surface area contributed by atoms with Gasteiger partial charge in [0, 0.05) is 6.42 Å². The molecular weight excluding hydrogens is 641 g/mol. The molecule has 314 valence electrons. The van der Waals surface area contributed by atoms with Crippen molar-refractivity contribution in [2.75, 3.05) is 0 Å². The highest BCUT2D eigenvalue weighted by Gasteiger charge is 2.16. The number of aromatic nitrogens is 2. The summed E-state index contributed by atoms with van der Waals surface area (Å²) in [6, 6.07) is 0. The maximum Gasteiger partial charge on any atom is 0.256 e. The Labute approximate surface area is 336 Å². The van der Waals surface area contributed by atoms with Gasteiger partial charge < -0.3 is 0 Å². The number of rotatable bonds is 45. The smallest absolute Gasteiger partial charge is 0.234 e. The van der Waals surface area contributed by atoms with Gasteiger partial charge >= 0.3 is 0 Å². The maximum absolute atomic E-state index is 2.66. The third-order valence-electron chi connectivity index (χ3n) is 12.3. The normalized spacial score (nSPS) is 11.7. The molecule has 0 aliphatic heterocycles. The summed E-state index contributed by atoms with van der Waals surface area (Å²) in [6.45, 7) is 9.42. The molecule has 0 aromatic carbocycles. The van der Waals surface area contributed by atoms with Gasteiger partial charge in [-0.25, -0.2) is 9.13 Å². The van der Waals surface area contributed by atoms with E-state index in [1.165, 1.54) is 289 Å². The van der Waals surface area contributed by atoms with Crippen LogP contribution in [0.15, 0.2) is 12.4 Å². The average molecular weight is 742 g/mol. The molecule has 0 aliphatic carbocycles. The van der Waals surface area contributed by atoms with Crippen molar-refractivity contribution in [3.63, 3.8) is 0 Å². The van der Waals surface area contributed by atoms with Gasteiger partial charge in [0.25, 0.3) is 5.82 Å². The van der Waals surface area contributed by atoms with Crippen molar-refractivity contribution >= 4 is 0 Å².